The van der Waals surface area contributed by atoms with Gasteiger partial charge in [0.25, 0.3) is 0 Å². The van der Waals surface area contributed by atoms with Crippen LogP contribution in [-0.2, 0) is 11.3 Å². The lowest BCUT2D eigenvalue weighted by Crippen LogP contribution is -2.57. The van der Waals surface area contributed by atoms with Crippen LogP contribution in [0.3, 0.4) is 0 Å². The Morgan fingerprint density at radius 2 is 1.93 bits per heavy atom. The van der Waals surface area contributed by atoms with Crippen molar-refractivity contribution in [1.82, 2.24) is 20.1 Å². The largest absolute Gasteiger partial charge is 0.338 e. The SMILES string of the molecule is O=C1CCC(CCNCc2ccccn2)N1CC1(N2CCCCC2)CCCC1. The zero-order valence-electron chi connectivity index (χ0n) is 17.2. The van der Waals surface area contributed by atoms with Crippen LogP contribution in [0.15, 0.2) is 24.4 Å². The highest BCUT2D eigenvalue weighted by molar-refractivity contribution is 5.78. The third-order valence-electron chi connectivity index (χ3n) is 7.16. The third kappa shape index (κ3) is 4.57. The van der Waals surface area contributed by atoms with Crippen LogP contribution in [0.25, 0.3) is 0 Å². The van der Waals surface area contributed by atoms with Crippen molar-refractivity contribution in [3.05, 3.63) is 30.1 Å². The number of nitrogens with one attached hydrogen (secondary N) is 1. The number of aromatic nitrogens is 1. The Morgan fingerprint density at radius 1 is 1.11 bits per heavy atom. The average Bonchev–Trinajstić information content (AvgIpc) is 3.36. The Kier molecular flexibility index (Phi) is 6.63. The van der Waals surface area contributed by atoms with Gasteiger partial charge in [0.05, 0.1) is 5.69 Å². The molecule has 5 nitrogen and oxygen atoms in total. The molecule has 1 aliphatic carbocycles. The molecule has 1 aromatic rings. The molecule has 1 saturated carbocycles. The van der Waals surface area contributed by atoms with Crippen molar-refractivity contribution in [1.29, 1.82) is 0 Å². The molecule has 1 aromatic heterocycles. The van der Waals surface area contributed by atoms with Crippen molar-refractivity contribution in [2.45, 2.75) is 82.3 Å². The van der Waals surface area contributed by atoms with Crippen molar-refractivity contribution < 1.29 is 4.79 Å². The Hall–Kier alpha value is -1.46. The number of hydrogen-bond acceptors (Lipinski definition) is 4. The van der Waals surface area contributed by atoms with Gasteiger partial charge in [-0.2, -0.15) is 0 Å². The third-order valence-corrected chi connectivity index (χ3v) is 7.16. The van der Waals surface area contributed by atoms with Crippen molar-refractivity contribution >= 4 is 5.91 Å². The summed E-state index contributed by atoms with van der Waals surface area (Å²) in [5, 5.41) is 3.52. The number of rotatable bonds is 8. The van der Waals surface area contributed by atoms with Crippen molar-refractivity contribution in [3.8, 4) is 0 Å². The van der Waals surface area contributed by atoms with Gasteiger partial charge in [-0.05, 0) is 70.3 Å². The lowest BCUT2D eigenvalue weighted by molar-refractivity contribution is -0.131. The first-order valence-electron chi connectivity index (χ1n) is 11.4. The van der Waals surface area contributed by atoms with Crippen LogP contribution in [0.5, 0.6) is 0 Å². The van der Waals surface area contributed by atoms with E-state index in [2.05, 4.69) is 26.2 Å². The van der Waals surface area contributed by atoms with Crippen LogP contribution in [0, 0.1) is 0 Å². The lowest BCUT2D eigenvalue weighted by Gasteiger charge is -2.46. The van der Waals surface area contributed by atoms with E-state index in [0.29, 0.717) is 11.9 Å². The van der Waals surface area contributed by atoms with Crippen LogP contribution >= 0.6 is 0 Å². The molecule has 3 fully saturated rings. The minimum atomic E-state index is 0.264. The fourth-order valence-electron chi connectivity index (χ4n) is 5.59. The molecule has 2 saturated heterocycles. The van der Waals surface area contributed by atoms with Gasteiger partial charge >= 0.3 is 0 Å². The molecule has 154 valence electrons. The van der Waals surface area contributed by atoms with Gasteiger partial charge in [0.15, 0.2) is 0 Å². The van der Waals surface area contributed by atoms with E-state index in [0.717, 1.165) is 44.6 Å². The first-order valence-corrected chi connectivity index (χ1v) is 11.4. The first-order chi connectivity index (χ1) is 13.8. The monoisotopic (exact) mass is 384 g/mol. The Balaban J connectivity index is 1.33. The molecule has 0 aromatic carbocycles. The number of nitrogens with zero attached hydrogens (tertiary/aromatic N) is 3. The van der Waals surface area contributed by atoms with Crippen LogP contribution in [0.1, 0.15) is 69.9 Å². The molecule has 3 heterocycles. The molecule has 1 unspecified atom stereocenters. The molecule has 28 heavy (non-hydrogen) atoms. The molecule has 1 amide bonds. The van der Waals surface area contributed by atoms with E-state index in [-0.39, 0.29) is 5.54 Å². The van der Waals surface area contributed by atoms with Crippen molar-refractivity contribution in [2.24, 2.45) is 0 Å². The van der Waals surface area contributed by atoms with Gasteiger partial charge in [-0.15, -0.1) is 0 Å². The summed E-state index contributed by atoms with van der Waals surface area (Å²) < 4.78 is 0. The van der Waals surface area contributed by atoms with E-state index < -0.39 is 0 Å². The maximum Gasteiger partial charge on any atom is 0.222 e. The highest BCUT2D eigenvalue weighted by Crippen LogP contribution is 2.39. The second-order valence-corrected chi connectivity index (χ2v) is 8.98. The minimum Gasteiger partial charge on any atom is -0.338 e. The number of pyridine rings is 1. The van der Waals surface area contributed by atoms with Crippen molar-refractivity contribution in [2.75, 3.05) is 26.2 Å². The summed E-state index contributed by atoms with van der Waals surface area (Å²) in [6.45, 7) is 5.19. The first kappa shape index (κ1) is 19.8. The summed E-state index contributed by atoms with van der Waals surface area (Å²) in [5.41, 5.74) is 1.34. The quantitative estimate of drug-likeness (QED) is 0.698. The van der Waals surface area contributed by atoms with Crippen LogP contribution in [0.4, 0.5) is 0 Å². The zero-order valence-corrected chi connectivity index (χ0v) is 17.2. The van der Waals surface area contributed by atoms with Gasteiger partial charge in [-0.1, -0.05) is 25.3 Å². The normalized spacial score (nSPS) is 25.5. The van der Waals surface area contributed by atoms with Gasteiger partial charge in [0.1, 0.15) is 0 Å². The summed E-state index contributed by atoms with van der Waals surface area (Å²) >= 11 is 0. The predicted octanol–water partition coefficient (Wildman–Crippen LogP) is 3.35. The Bertz CT molecular complexity index is 623. The van der Waals surface area contributed by atoms with Gasteiger partial charge < -0.3 is 10.2 Å². The summed E-state index contributed by atoms with van der Waals surface area (Å²) in [6.07, 6.45) is 13.9. The number of piperidine rings is 1. The van der Waals surface area contributed by atoms with E-state index in [1.165, 1.54) is 58.0 Å². The van der Waals surface area contributed by atoms with Gasteiger partial charge in [-0.3, -0.25) is 14.7 Å². The fraction of sp³-hybridized carbons (Fsp3) is 0.739. The zero-order chi connectivity index (χ0) is 19.2. The second kappa shape index (κ2) is 9.36. The Morgan fingerprint density at radius 3 is 2.68 bits per heavy atom. The number of carbonyl (C=O) groups excluding carboxylic acids is 1. The van der Waals surface area contributed by atoms with E-state index in [4.69, 9.17) is 0 Å². The lowest BCUT2D eigenvalue weighted by atomic mass is 9.91. The fourth-order valence-corrected chi connectivity index (χ4v) is 5.59. The van der Waals surface area contributed by atoms with E-state index in [9.17, 15) is 4.79 Å². The van der Waals surface area contributed by atoms with Crippen molar-refractivity contribution in [3.63, 3.8) is 0 Å². The molecule has 5 heteroatoms. The molecule has 2 aliphatic heterocycles. The smallest absolute Gasteiger partial charge is 0.222 e. The highest BCUT2D eigenvalue weighted by atomic mass is 16.2. The maximum absolute atomic E-state index is 12.7. The number of likely N-dealkylation sites (tertiary alicyclic amines) is 2. The summed E-state index contributed by atoms with van der Waals surface area (Å²) in [6, 6.07) is 6.45. The standard InChI is InChI=1S/C23H36N4O/c28-22-10-9-21(11-15-24-18-20-8-2-5-14-25-20)27(22)19-23(12-3-4-13-23)26-16-6-1-7-17-26/h2,5,8,14,21,24H,1,3-4,6-7,9-13,15-19H2. The van der Waals surface area contributed by atoms with Crippen LogP contribution < -0.4 is 5.32 Å². The number of carbonyl (C=O) groups is 1. The molecule has 3 aliphatic rings. The van der Waals surface area contributed by atoms with Gasteiger partial charge in [0.2, 0.25) is 5.91 Å². The molecular formula is C23H36N4O. The summed E-state index contributed by atoms with van der Waals surface area (Å²) in [5.74, 6) is 0.387. The predicted molar refractivity (Wildman–Crippen MR) is 112 cm³/mol. The summed E-state index contributed by atoms with van der Waals surface area (Å²) in [7, 11) is 0. The molecule has 0 bridgehead atoms. The van der Waals surface area contributed by atoms with E-state index in [1.807, 2.05) is 18.3 Å². The molecule has 4 rings (SSSR count). The van der Waals surface area contributed by atoms with E-state index >= 15 is 0 Å². The molecule has 0 radical (unpaired) electrons. The van der Waals surface area contributed by atoms with Gasteiger partial charge in [-0.25, -0.2) is 0 Å². The molecular weight excluding hydrogens is 348 g/mol. The number of hydrogen-bond donors (Lipinski definition) is 1. The average molecular weight is 385 g/mol. The topological polar surface area (TPSA) is 48.5 Å². The number of amides is 1. The Labute approximate surface area is 169 Å². The molecule has 1 N–H and O–H groups in total. The maximum atomic E-state index is 12.7. The second-order valence-electron chi connectivity index (χ2n) is 8.98. The summed E-state index contributed by atoms with van der Waals surface area (Å²) in [4.78, 5) is 22.1. The van der Waals surface area contributed by atoms with Crippen LogP contribution in [0.2, 0.25) is 0 Å². The minimum absolute atomic E-state index is 0.264. The van der Waals surface area contributed by atoms with Gasteiger partial charge in [0, 0.05) is 37.3 Å². The molecule has 1 atom stereocenters. The molecule has 0 spiro atoms. The van der Waals surface area contributed by atoms with E-state index in [1.54, 1.807) is 0 Å². The highest BCUT2D eigenvalue weighted by Gasteiger charge is 2.44. The van der Waals surface area contributed by atoms with Crippen LogP contribution in [-0.4, -0.2) is 58.5 Å².